The van der Waals surface area contributed by atoms with Crippen molar-refractivity contribution in [2.45, 2.75) is 31.8 Å². The van der Waals surface area contributed by atoms with Gasteiger partial charge in [-0.25, -0.2) is 0 Å². The van der Waals surface area contributed by atoms with Gasteiger partial charge in [-0.3, -0.25) is 14.4 Å². The zero-order chi connectivity index (χ0) is 21.1. The van der Waals surface area contributed by atoms with Crippen LogP contribution in [0.1, 0.15) is 35.2 Å². The van der Waals surface area contributed by atoms with Crippen molar-refractivity contribution in [2.75, 3.05) is 25.1 Å². The first-order chi connectivity index (χ1) is 14.6. The molecule has 0 spiro atoms. The van der Waals surface area contributed by atoms with E-state index in [9.17, 15) is 14.4 Å². The second-order valence-electron chi connectivity index (χ2n) is 7.58. The van der Waals surface area contributed by atoms with E-state index in [2.05, 4.69) is 5.32 Å². The normalized spacial score (nSPS) is 18.4. The van der Waals surface area contributed by atoms with E-state index in [1.807, 2.05) is 24.3 Å². The lowest BCUT2D eigenvalue weighted by Gasteiger charge is -2.34. The highest BCUT2D eigenvalue weighted by molar-refractivity contribution is 6.12. The van der Waals surface area contributed by atoms with Crippen LogP contribution in [0.4, 0.5) is 5.69 Å². The molecule has 0 bridgehead atoms. The van der Waals surface area contributed by atoms with Crippen molar-refractivity contribution in [2.24, 2.45) is 0 Å². The number of carbonyl (C=O) groups excluding carboxylic acids is 3. The Morgan fingerprint density at radius 3 is 2.63 bits per heavy atom. The first-order valence-electron chi connectivity index (χ1n) is 10.2. The van der Waals surface area contributed by atoms with Gasteiger partial charge in [-0.2, -0.15) is 0 Å². The summed E-state index contributed by atoms with van der Waals surface area (Å²) in [4.78, 5) is 42.2. The van der Waals surface area contributed by atoms with Gasteiger partial charge in [-0.15, -0.1) is 0 Å². The van der Waals surface area contributed by atoms with E-state index in [-0.39, 0.29) is 24.3 Å². The zero-order valence-electron chi connectivity index (χ0n) is 17.0. The van der Waals surface area contributed by atoms with Crippen LogP contribution in [0.5, 0.6) is 5.75 Å². The fourth-order valence-electron chi connectivity index (χ4n) is 4.08. The van der Waals surface area contributed by atoms with Crippen LogP contribution in [0, 0.1) is 0 Å². The van der Waals surface area contributed by atoms with Crippen molar-refractivity contribution < 1.29 is 19.1 Å². The molecule has 30 heavy (non-hydrogen) atoms. The summed E-state index contributed by atoms with van der Waals surface area (Å²) in [5.74, 6) is 0.154. The summed E-state index contributed by atoms with van der Waals surface area (Å²) in [5, 5.41) is 2.87. The molecule has 1 N–H and O–H groups in total. The summed E-state index contributed by atoms with van der Waals surface area (Å²) in [7, 11) is 1.60. The Hall–Kier alpha value is -3.35. The average Bonchev–Trinajstić information content (AvgIpc) is 2.88. The number of para-hydroxylation sites is 1. The standard InChI is InChI=1S/C23H25N3O4/c1-30-17-11-9-16(10-12-17)14-24-21(27)15-26-19-7-3-2-6-18(19)22(28)25-13-5-4-8-20(25)23(26)29/h2-3,6-7,9-12,20H,4-5,8,13-15H2,1H3,(H,24,27). The van der Waals surface area contributed by atoms with Gasteiger partial charge in [0.2, 0.25) is 11.8 Å². The molecular weight excluding hydrogens is 382 g/mol. The van der Waals surface area contributed by atoms with Crippen LogP contribution in [-0.2, 0) is 16.1 Å². The number of carbonyl (C=O) groups is 3. The zero-order valence-corrected chi connectivity index (χ0v) is 17.0. The van der Waals surface area contributed by atoms with Crippen LogP contribution < -0.4 is 15.0 Å². The molecule has 156 valence electrons. The smallest absolute Gasteiger partial charge is 0.256 e. The van der Waals surface area contributed by atoms with Gasteiger partial charge in [-0.1, -0.05) is 24.3 Å². The molecule has 7 heteroatoms. The number of methoxy groups -OCH3 is 1. The second kappa shape index (κ2) is 8.57. The van der Waals surface area contributed by atoms with Gasteiger partial charge in [0.15, 0.2) is 0 Å². The predicted molar refractivity (Wildman–Crippen MR) is 112 cm³/mol. The maximum absolute atomic E-state index is 13.3. The largest absolute Gasteiger partial charge is 0.497 e. The molecule has 2 aliphatic rings. The van der Waals surface area contributed by atoms with Crippen LogP contribution in [0.3, 0.4) is 0 Å². The lowest BCUT2D eigenvalue weighted by molar-refractivity contribution is -0.126. The van der Waals surface area contributed by atoms with Crippen molar-refractivity contribution in [3.05, 3.63) is 59.7 Å². The number of nitrogens with one attached hydrogen (secondary N) is 1. The number of ether oxygens (including phenoxy) is 1. The van der Waals surface area contributed by atoms with E-state index in [1.54, 1.807) is 36.3 Å². The summed E-state index contributed by atoms with van der Waals surface area (Å²) in [6, 6.07) is 13.9. The summed E-state index contributed by atoms with van der Waals surface area (Å²) >= 11 is 0. The molecule has 2 aromatic carbocycles. The molecular formula is C23H25N3O4. The summed E-state index contributed by atoms with van der Waals surface area (Å²) in [6.07, 6.45) is 2.41. The van der Waals surface area contributed by atoms with E-state index in [0.717, 1.165) is 24.2 Å². The van der Waals surface area contributed by atoms with E-state index >= 15 is 0 Å². The molecule has 0 aliphatic carbocycles. The third-order valence-corrected chi connectivity index (χ3v) is 5.69. The van der Waals surface area contributed by atoms with Crippen LogP contribution in [-0.4, -0.2) is 48.9 Å². The Bertz CT molecular complexity index is 957. The van der Waals surface area contributed by atoms with Crippen molar-refractivity contribution >= 4 is 23.4 Å². The minimum Gasteiger partial charge on any atom is -0.497 e. The minimum absolute atomic E-state index is 0.121. The lowest BCUT2D eigenvalue weighted by atomic mass is 10.0. The molecule has 1 atom stereocenters. The molecule has 0 radical (unpaired) electrons. The second-order valence-corrected chi connectivity index (χ2v) is 7.58. The fraction of sp³-hybridized carbons (Fsp3) is 0.348. The molecule has 2 aliphatic heterocycles. The molecule has 3 amide bonds. The predicted octanol–water partition coefficient (Wildman–Crippen LogP) is 2.35. The lowest BCUT2D eigenvalue weighted by Crippen LogP contribution is -2.52. The summed E-state index contributed by atoms with van der Waals surface area (Å²) in [6.45, 7) is 0.797. The third kappa shape index (κ3) is 3.87. The monoisotopic (exact) mass is 407 g/mol. The average molecular weight is 407 g/mol. The SMILES string of the molecule is COc1ccc(CNC(=O)CN2C(=O)C3CCCCN3C(=O)c3ccccc32)cc1. The Labute approximate surface area is 175 Å². The van der Waals surface area contributed by atoms with Crippen LogP contribution in [0.2, 0.25) is 0 Å². The first-order valence-corrected chi connectivity index (χ1v) is 10.2. The van der Waals surface area contributed by atoms with Gasteiger partial charge in [0, 0.05) is 13.1 Å². The summed E-state index contributed by atoms with van der Waals surface area (Å²) in [5.41, 5.74) is 1.90. The number of amides is 3. The first kappa shape index (κ1) is 19.9. The number of hydrogen-bond acceptors (Lipinski definition) is 4. The van der Waals surface area contributed by atoms with Crippen molar-refractivity contribution in [3.63, 3.8) is 0 Å². The number of anilines is 1. The van der Waals surface area contributed by atoms with E-state index in [1.165, 1.54) is 4.90 Å². The Balaban J connectivity index is 1.52. The van der Waals surface area contributed by atoms with E-state index in [0.29, 0.717) is 30.8 Å². The molecule has 1 fully saturated rings. The Morgan fingerprint density at radius 2 is 1.87 bits per heavy atom. The van der Waals surface area contributed by atoms with Gasteiger partial charge in [0.1, 0.15) is 18.3 Å². The van der Waals surface area contributed by atoms with Gasteiger partial charge in [0.25, 0.3) is 5.91 Å². The Kier molecular flexibility index (Phi) is 5.70. The maximum Gasteiger partial charge on any atom is 0.256 e. The highest BCUT2D eigenvalue weighted by atomic mass is 16.5. The number of hydrogen-bond donors (Lipinski definition) is 1. The van der Waals surface area contributed by atoms with Crippen LogP contribution in [0.25, 0.3) is 0 Å². The van der Waals surface area contributed by atoms with Crippen LogP contribution >= 0.6 is 0 Å². The summed E-state index contributed by atoms with van der Waals surface area (Å²) < 4.78 is 5.14. The van der Waals surface area contributed by atoms with Gasteiger partial charge < -0.3 is 19.9 Å². The van der Waals surface area contributed by atoms with Gasteiger partial charge >= 0.3 is 0 Å². The number of piperidine rings is 1. The van der Waals surface area contributed by atoms with E-state index < -0.39 is 6.04 Å². The number of benzene rings is 2. The van der Waals surface area contributed by atoms with Crippen molar-refractivity contribution in [1.29, 1.82) is 0 Å². The third-order valence-electron chi connectivity index (χ3n) is 5.69. The topological polar surface area (TPSA) is 79.0 Å². The maximum atomic E-state index is 13.3. The quantitative estimate of drug-likeness (QED) is 0.825. The molecule has 2 aromatic rings. The molecule has 0 saturated carbocycles. The van der Waals surface area contributed by atoms with Gasteiger partial charge in [-0.05, 0) is 49.1 Å². The van der Waals surface area contributed by atoms with Crippen molar-refractivity contribution in [1.82, 2.24) is 10.2 Å². The van der Waals surface area contributed by atoms with Gasteiger partial charge in [0.05, 0.1) is 18.4 Å². The molecule has 1 unspecified atom stereocenters. The fourth-order valence-corrected chi connectivity index (χ4v) is 4.08. The van der Waals surface area contributed by atoms with E-state index in [4.69, 9.17) is 4.74 Å². The minimum atomic E-state index is -0.506. The molecule has 2 heterocycles. The number of fused-ring (bicyclic) bond motifs is 2. The molecule has 1 saturated heterocycles. The Morgan fingerprint density at radius 1 is 1.10 bits per heavy atom. The number of nitrogens with zero attached hydrogens (tertiary/aromatic N) is 2. The highest BCUT2D eigenvalue weighted by Crippen LogP contribution is 2.31. The van der Waals surface area contributed by atoms with Crippen LogP contribution in [0.15, 0.2) is 48.5 Å². The molecule has 0 aromatic heterocycles. The van der Waals surface area contributed by atoms with Crippen molar-refractivity contribution in [3.8, 4) is 5.75 Å². The molecule has 4 rings (SSSR count). The number of rotatable bonds is 5. The molecule has 7 nitrogen and oxygen atoms in total. The highest BCUT2D eigenvalue weighted by Gasteiger charge is 2.40.